The zero-order valence-electron chi connectivity index (χ0n) is 33.1. The highest BCUT2D eigenvalue weighted by Crippen LogP contribution is 2.56. The molecule has 0 saturated heterocycles. The zero-order chi connectivity index (χ0) is 39.5. The monoisotopic (exact) mass is 771 g/mol. The molecule has 11 rings (SSSR count). The van der Waals surface area contributed by atoms with Gasteiger partial charge in [-0.1, -0.05) is 190 Å². The average molecular weight is 772 g/mol. The van der Waals surface area contributed by atoms with Gasteiger partial charge in [0.1, 0.15) is 0 Å². The van der Waals surface area contributed by atoms with Gasteiger partial charge >= 0.3 is 0 Å². The maximum Gasteiger partial charge on any atom is 0.0546 e. The van der Waals surface area contributed by atoms with Gasteiger partial charge in [0.25, 0.3) is 0 Å². The molecule has 280 valence electrons. The first kappa shape index (κ1) is 35.2. The van der Waals surface area contributed by atoms with Crippen molar-refractivity contribution in [2.45, 2.75) is 19.3 Å². The Bertz CT molecular complexity index is 3170. The summed E-state index contributed by atoms with van der Waals surface area (Å²) in [5, 5.41) is 2.64. The predicted octanol–water partition coefficient (Wildman–Crippen LogP) is 16.5. The van der Waals surface area contributed by atoms with Crippen LogP contribution in [0.4, 0.5) is 17.1 Å². The molecule has 1 nitrogen and oxygen atoms in total. The van der Waals surface area contributed by atoms with Crippen LogP contribution in [0.5, 0.6) is 0 Å². The van der Waals surface area contributed by atoms with E-state index < -0.39 is 0 Å². The molecule has 0 radical (unpaired) electrons. The molecule has 0 atom stereocenters. The first-order valence-electron chi connectivity index (χ1n) is 20.4. The Morgan fingerprint density at radius 3 is 1.66 bits per heavy atom. The van der Waals surface area contributed by atoms with Crippen LogP contribution in [0.2, 0.25) is 0 Å². The molecule has 0 saturated carbocycles. The van der Waals surface area contributed by atoms with E-state index >= 15 is 0 Å². The van der Waals surface area contributed by atoms with E-state index in [4.69, 9.17) is 0 Å². The third-order valence-electron chi connectivity index (χ3n) is 12.3. The summed E-state index contributed by atoms with van der Waals surface area (Å²) in [7, 11) is 0. The van der Waals surface area contributed by atoms with Gasteiger partial charge in [-0.05, 0) is 97.6 Å². The van der Waals surface area contributed by atoms with Crippen LogP contribution in [0.1, 0.15) is 25.0 Å². The van der Waals surface area contributed by atoms with Crippen LogP contribution >= 0.6 is 11.3 Å². The van der Waals surface area contributed by atoms with Gasteiger partial charge in [0, 0.05) is 36.8 Å². The Hall–Kier alpha value is -7.00. The van der Waals surface area contributed by atoms with E-state index in [9.17, 15) is 0 Å². The van der Waals surface area contributed by atoms with Crippen molar-refractivity contribution in [3.63, 3.8) is 0 Å². The van der Waals surface area contributed by atoms with Crippen LogP contribution in [0.3, 0.4) is 0 Å². The molecule has 1 aliphatic carbocycles. The molecular formula is C57H41NS. The van der Waals surface area contributed by atoms with Crippen molar-refractivity contribution < 1.29 is 0 Å². The van der Waals surface area contributed by atoms with Crippen molar-refractivity contribution >= 4 is 48.6 Å². The molecule has 0 spiro atoms. The molecular weight excluding hydrogens is 731 g/mol. The van der Waals surface area contributed by atoms with E-state index in [1.165, 1.54) is 92.6 Å². The molecule has 2 heteroatoms. The van der Waals surface area contributed by atoms with Crippen LogP contribution in [0.25, 0.3) is 75.8 Å². The fourth-order valence-electron chi connectivity index (χ4n) is 9.66. The number of rotatable bonds is 7. The van der Waals surface area contributed by atoms with Crippen molar-refractivity contribution in [3.05, 3.63) is 223 Å². The maximum absolute atomic E-state index is 2.54. The van der Waals surface area contributed by atoms with E-state index in [-0.39, 0.29) is 5.41 Å². The highest BCUT2D eigenvalue weighted by Gasteiger charge is 2.39. The fraction of sp³-hybridized carbons (Fsp3) is 0.0526. The van der Waals surface area contributed by atoms with Crippen LogP contribution in [0.15, 0.2) is 212 Å². The largest absolute Gasteiger partial charge is 0.310 e. The number of anilines is 3. The smallest absolute Gasteiger partial charge is 0.0546 e. The van der Waals surface area contributed by atoms with E-state index in [1.807, 2.05) is 11.3 Å². The summed E-state index contributed by atoms with van der Waals surface area (Å²) in [6.45, 7) is 4.78. The summed E-state index contributed by atoms with van der Waals surface area (Å²) >= 11 is 1.87. The number of hydrogen-bond acceptors (Lipinski definition) is 2. The second-order valence-corrected chi connectivity index (χ2v) is 17.1. The molecule has 10 aromatic rings. The second-order valence-electron chi connectivity index (χ2n) is 16.0. The fourth-order valence-corrected chi connectivity index (χ4v) is 10.8. The molecule has 0 amide bonds. The standard InChI is InChI=1S/C57H41NS/c1-57(2)49-29-13-11-23-45(49)47-28-16-31-51(56(47)57)58(41-36-34-40(35-37-41)44-27-17-33-53-55(44)48-25-12-14-32-52(48)59-53)50-30-15-26-43(39-20-7-4-8-21-39)54(50)46-24-10-9-22-42(46)38-18-5-3-6-19-38/h3-37H,1-2H3. The Labute approximate surface area is 350 Å². The third kappa shape index (κ3) is 5.74. The summed E-state index contributed by atoms with van der Waals surface area (Å²) in [5.41, 5.74) is 18.2. The Morgan fingerprint density at radius 2 is 0.898 bits per heavy atom. The molecule has 0 N–H and O–H groups in total. The van der Waals surface area contributed by atoms with Gasteiger partial charge in [-0.15, -0.1) is 11.3 Å². The van der Waals surface area contributed by atoms with Gasteiger partial charge in [-0.3, -0.25) is 0 Å². The molecule has 1 heterocycles. The quantitative estimate of drug-likeness (QED) is 0.156. The van der Waals surface area contributed by atoms with Gasteiger partial charge in [-0.2, -0.15) is 0 Å². The molecule has 0 bridgehead atoms. The van der Waals surface area contributed by atoms with Crippen LogP contribution in [-0.2, 0) is 5.41 Å². The van der Waals surface area contributed by atoms with Gasteiger partial charge in [0.15, 0.2) is 0 Å². The molecule has 1 aromatic heterocycles. The highest BCUT2D eigenvalue weighted by atomic mass is 32.1. The summed E-state index contributed by atoms with van der Waals surface area (Å²) in [4.78, 5) is 2.54. The summed E-state index contributed by atoms with van der Waals surface area (Å²) in [6, 6.07) is 78.1. The van der Waals surface area contributed by atoms with E-state index in [0.29, 0.717) is 0 Å². The lowest BCUT2D eigenvalue weighted by molar-refractivity contribution is 0.661. The van der Waals surface area contributed by atoms with E-state index in [2.05, 4.69) is 231 Å². The maximum atomic E-state index is 2.54. The van der Waals surface area contributed by atoms with Crippen molar-refractivity contribution in [2.75, 3.05) is 4.90 Å². The summed E-state index contributed by atoms with van der Waals surface area (Å²) < 4.78 is 2.64. The first-order chi connectivity index (χ1) is 29.1. The summed E-state index contributed by atoms with van der Waals surface area (Å²) in [6.07, 6.45) is 0. The Morgan fingerprint density at radius 1 is 0.373 bits per heavy atom. The van der Waals surface area contributed by atoms with Crippen LogP contribution in [0, 0.1) is 0 Å². The SMILES string of the molecule is CC1(C)c2ccccc2-c2cccc(N(c3ccc(-c4cccc5sc6ccccc6c45)cc3)c3cccc(-c4ccccc4)c3-c3ccccc3-c3ccccc3)c21. The minimum atomic E-state index is -0.227. The van der Waals surface area contributed by atoms with Gasteiger partial charge in [0.05, 0.1) is 11.4 Å². The van der Waals surface area contributed by atoms with Gasteiger partial charge in [-0.25, -0.2) is 0 Å². The summed E-state index contributed by atoms with van der Waals surface area (Å²) in [5.74, 6) is 0. The second kappa shape index (κ2) is 14.1. The van der Waals surface area contributed by atoms with E-state index in [0.717, 1.165) is 11.4 Å². The lowest BCUT2D eigenvalue weighted by Gasteiger charge is -2.34. The van der Waals surface area contributed by atoms with E-state index in [1.54, 1.807) is 0 Å². The lowest BCUT2D eigenvalue weighted by Crippen LogP contribution is -2.21. The molecule has 0 fully saturated rings. The van der Waals surface area contributed by atoms with Crippen molar-refractivity contribution in [2.24, 2.45) is 0 Å². The predicted molar refractivity (Wildman–Crippen MR) is 253 cm³/mol. The molecule has 1 aliphatic rings. The van der Waals surface area contributed by atoms with Gasteiger partial charge in [0.2, 0.25) is 0 Å². The van der Waals surface area contributed by atoms with Crippen molar-refractivity contribution in [3.8, 4) is 55.6 Å². The minimum Gasteiger partial charge on any atom is -0.310 e. The first-order valence-corrected chi connectivity index (χ1v) is 21.3. The molecule has 0 unspecified atom stereocenters. The third-order valence-corrected chi connectivity index (χ3v) is 13.4. The Balaban J connectivity index is 1.19. The number of hydrogen-bond donors (Lipinski definition) is 0. The minimum absolute atomic E-state index is 0.227. The van der Waals surface area contributed by atoms with Gasteiger partial charge < -0.3 is 4.90 Å². The molecule has 0 aliphatic heterocycles. The Kier molecular flexibility index (Phi) is 8.43. The van der Waals surface area contributed by atoms with Crippen LogP contribution in [-0.4, -0.2) is 0 Å². The highest BCUT2D eigenvalue weighted by molar-refractivity contribution is 7.25. The zero-order valence-corrected chi connectivity index (χ0v) is 33.9. The average Bonchev–Trinajstić information content (AvgIpc) is 3.80. The number of thiophene rings is 1. The van der Waals surface area contributed by atoms with Crippen molar-refractivity contribution in [1.29, 1.82) is 0 Å². The normalized spacial score (nSPS) is 12.7. The number of nitrogens with zero attached hydrogens (tertiary/aromatic N) is 1. The number of fused-ring (bicyclic) bond motifs is 6. The lowest BCUT2D eigenvalue weighted by atomic mass is 9.81. The molecule has 59 heavy (non-hydrogen) atoms. The van der Waals surface area contributed by atoms with Crippen LogP contribution < -0.4 is 4.90 Å². The topological polar surface area (TPSA) is 3.24 Å². The number of benzene rings is 9. The van der Waals surface area contributed by atoms with Crippen molar-refractivity contribution in [1.82, 2.24) is 0 Å². The molecule has 9 aromatic carbocycles.